The van der Waals surface area contributed by atoms with Crippen LogP contribution in [0.15, 0.2) is 23.3 Å². The van der Waals surface area contributed by atoms with Gasteiger partial charge in [-0.3, -0.25) is 9.59 Å². The first-order valence-electron chi connectivity index (χ1n) is 6.63. The first-order chi connectivity index (χ1) is 9.32. The van der Waals surface area contributed by atoms with E-state index >= 15 is 0 Å². The van der Waals surface area contributed by atoms with Crippen LogP contribution in [0.1, 0.15) is 33.1 Å². The lowest BCUT2D eigenvalue weighted by Crippen LogP contribution is -2.33. The zero-order valence-corrected chi connectivity index (χ0v) is 11.6. The van der Waals surface area contributed by atoms with Crippen LogP contribution >= 0.6 is 0 Å². The summed E-state index contributed by atoms with van der Waals surface area (Å²) in [7, 11) is 0. The van der Waals surface area contributed by atoms with Crippen LogP contribution in [0, 0.1) is 5.92 Å². The van der Waals surface area contributed by atoms with Gasteiger partial charge in [-0.25, -0.2) is 4.79 Å². The number of rotatable bonds is 4. The van der Waals surface area contributed by atoms with Crippen molar-refractivity contribution >= 4 is 17.5 Å². The summed E-state index contributed by atoms with van der Waals surface area (Å²) in [5, 5.41) is 10.2. The van der Waals surface area contributed by atoms with Crippen LogP contribution in [0.3, 0.4) is 0 Å². The van der Waals surface area contributed by atoms with Gasteiger partial charge in [-0.05, 0) is 20.3 Å². The van der Waals surface area contributed by atoms with Crippen LogP contribution in [0.2, 0.25) is 0 Å². The molecule has 2 aliphatic rings. The minimum Gasteiger partial charge on any atom is -0.453 e. The number of aliphatic hydroxyl groups is 1. The highest BCUT2D eigenvalue weighted by atomic mass is 16.6. The molecule has 0 saturated carbocycles. The molecule has 0 aromatic heterocycles. The average molecular weight is 278 g/mol. The standard InChI is InChI=1S/C15H18O5/c1-7-4-5-10(17)12(7)14-13(9(3)15(19)20-14)11(18)6-8(2)16/h11,13-14,18H,3-6H2,1-2H3/t11-,13+,14+/m0/s1. The molecule has 1 fully saturated rings. The van der Waals surface area contributed by atoms with Crippen LogP contribution in [-0.4, -0.2) is 34.9 Å². The van der Waals surface area contributed by atoms with Gasteiger partial charge >= 0.3 is 5.97 Å². The Morgan fingerprint density at radius 1 is 1.45 bits per heavy atom. The Kier molecular flexibility index (Phi) is 3.90. The molecule has 0 amide bonds. The number of cyclic esters (lactones) is 1. The molecule has 2 rings (SSSR count). The van der Waals surface area contributed by atoms with E-state index in [0.717, 1.165) is 5.57 Å². The molecule has 3 atom stereocenters. The van der Waals surface area contributed by atoms with E-state index in [-0.39, 0.29) is 23.6 Å². The van der Waals surface area contributed by atoms with Gasteiger partial charge in [-0.1, -0.05) is 12.2 Å². The summed E-state index contributed by atoms with van der Waals surface area (Å²) in [5.41, 5.74) is 1.47. The molecule has 0 unspecified atom stereocenters. The van der Waals surface area contributed by atoms with Gasteiger partial charge in [0, 0.05) is 24.0 Å². The maximum atomic E-state index is 11.9. The Balaban J connectivity index is 2.33. The second kappa shape index (κ2) is 5.32. The number of Topliss-reactive ketones (excluding diaryl/α,β-unsaturated/α-hetero) is 2. The molecule has 5 heteroatoms. The minimum absolute atomic E-state index is 0.0602. The Morgan fingerprint density at radius 2 is 2.10 bits per heavy atom. The minimum atomic E-state index is -1.06. The zero-order valence-electron chi connectivity index (χ0n) is 11.6. The molecule has 1 heterocycles. The molecule has 1 aliphatic heterocycles. The molecule has 1 saturated heterocycles. The van der Waals surface area contributed by atoms with Crippen molar-refractivity contribution in [2.24, 2.45) is 5.92 Å². The normalized spacial score (nSPS) is 28.1. The summed E-state index contributed by atoms with van der Waals surface area (Å²) in [4.78, 5) is 34.8. The zero-order chi connectivity index (χ0) is 15.0. The van der Waals surface area contributed by atoms with Gasteiger partial charge in [0.2, 0.25) is 0 Å². The van der Waals surface area contributed by atoms with E-state index in [0.29, 0.717) is 18.4 Å². The van der Waals surface area contributed by atoms with Crippen LogP contribution in [0.4, 0.5) is 0 Å². The van der Waals surface area contributed by atoms with E-state index in [2.05, 4.69) is 6.58 Å². The van der Waals surface area contributed by atoms with Gasteiger partial charge < -0.3 is 9.84 Å². The highest BCUT2D eigenvalue weighted by molar-refractivity contribution is 6.02. The number of hydrogen-bond acceptors (Lipinski definition) is 5. The number of ether oxygens (including phenoxy) is 1. The van der Waals surface area contributed by atoms with E-state index in [4.69, 9.17) is 4.74 Å². The second-order valence-electron chi connectivity index (χ2n) is 5.47. The third-order valence-electron chi connectivity index (χ3n) is 3.91. The van der Waals surface area contributed by atoms with Gasteiger partial charge in [0.25, 0.3) is 0 Å². The highest BCUT2D eigenvalue weighted by Crippen LogP contribution is 2.39. The largest absolute Gasteiger partial charge is 0.453 e. The molecule has 0 aromatic carbocycles. The number of allylic oxidation sites excluding steroid dienone is 1. The molecule has 20 heavy (non-hydrogen) atoms. The van der Waals surface area contributed by atoms with Crippen molar-refractivity contribution in [2.45, 2.75) is 45.3 Å². The molecule has 1 N–H and O–H groups in total. The summed E-state index contributed by atoms with van der Waals surface area (Å²) in [6, 6.07) is 0. The Hall–Kier alpha value is -1.75. The van der Waals surface area contributed by atoms with Gasteiger partial charge in [-0.15, -0.1) is 0 Å². The molecular formula is C15H18O5. The quantitative estimate of drug-likeness (QED) is 0.615. The molecule has 5 nitrogen and oxygen atoms in total. The number of esters is 1. The predicted octanol–water partition coefficient (Wildman–Crippen LogP) is 1.10. The first-order valence-corrected chi connectivity index (χ1v) is 6.63. The van der Waals surface area contributed by atoms with Crippen LogP contribution in [0.5, 0.6) is 0 Å². The van der Waals surface area contributed by atoms with Crippen molar-refractivity contribution in [3.05, 3.63) is 23.3 Å². The topological polar surface area (TPSA) is 80.7 Å². The highest BCUT2D eigenvalue weighted by Gasteiger charge is 2.47. The smallest absolute Gasteiger partial charge is 0.334 e. The molecule has 1 aliphatic carbocycles. The van der Waals surface area contributed by atoms with Crippen molar-refractivity contribution in [3.8, 4) is 0 Å². The Morgan fingerprint density at radius 3 is 2.60 bits per heavy atom. The number of aliphatic hydroxyl groups excluding tert-OH is 1. The predicted molar refractivity (Wildman–Crippen MR) is 70.8 cm³/mol. The number of carbonyl (C=O) groups excluding carboxylic acids is 3. The van der Waals surface area contributed by atoms with Crippen molar-refractivity contribution in [1.29, 1.82) is 0 Å². The summed E-state index contributed by atoms with van der Waals surface area (Å²) >= 11 is 0. The molecule has 0 bridgehead atoms. The Bertz CT molecular complexity index is 528. The first kappa shape index (κ1) is 14.7. The third kappa shape index (κ3) is 2.45. The molecule has 0 radical (unpaired) electrons. The maximum Gasteiger partial charge on any atom is 0.334 e. The second-order valence-corrected chi connectivity index (χ2v) is 5.47. The monoisotopic (exact) mass is 278 g/mol. The number of ketones is 2. The van der Waals surface area contributed by atoms with Gasteiger partial charge in [0.15, 0.2) is 5.78 Å². The summed E-state index contributed by atoms with van der Waals surface area (Å²) < 4.78 is 5.23. The van der Waals surface area contributed by atoms with E-state index in [1.807, 2.05) is 6.92 Å². The number of carbonyl (C=O) groups is 3. The van der Waals surface area contributed by atoms with E-state index in [1.165, 1.54) is 6.92 Å². The van der Waals surface area contributed by atoms with E-state index in [9.17, 15) is 19.5 Å². The van der Waals surface area contributed by atoms with Gasteiger partial charge in [0.05, 0.1) is 12.0 Å². The maximum absolute atomic E-state index is 11.9. The van der Waals surface area contributed by atoms with Crippen molar-refractivity contribution in [3.63, 3.8) is 0 Å². The summed E-state index contributed by atoms with van der Waals surface area (Å²) in [5.74, 6) is -1.58. The lowest BCUT2D eigenvalue weighted by atomic mass is 9.84. The van der Waals surface area contributed by atoms with Crippen molar-refractivity contribution in [2.75, 3.05) is 0 Å². The summed E-state index contributed by atoms with van der Waals surface area (Å²) in [6.45, 7) is 6.82. The van der Waals surface area contributed by atoms with Crippen LogP contribution in [-0.2, 0) is 19.1 Å². The molecule has 108 valence electrons. The fraction of sp³-hybridized carbons (Fsp3) is 0.533. The van der Waals surface area contributed by atoms with Crippen LogP contribution in [0.25, 0.3) is 0 Å². The van der Waals surface area contributed by atoms with Crippen molar-refractivity contribution < 1.29 is 24.2 Å². The lowest BCUT2D eigenvalue weighted by Gasteiger charge is -2.23. The Labute approximate surface area is 117 Å². The van der Waals surface area contributed by atoms with Crippen molar-refractivity contribution in [1.82, 2.24) is 0 Å². The average Bonchev–Trinajstić information content (AvgIpc) is 2.80. The lowest BCUT2D eigenvalue weighted by molar-refractivity contribution is -0.138. The van der Waals surface area contributed by atoms with Gasteiger partial charge in [0.1, 0.15) is 11.9 Å². The fourth-order valence-corrected chi connectivity index (χ4v) is 2.89. The molecule has 0 spiro atoms. The van der Waals surface area contributed by atoms with Crippen LogP contribution < -0.4 is 0 Å². The summed E-state index contributed by atoms with van der Waals surface area (Å²) in [6.07, 6.45) is -0.914. The third-order valence-corrected chi connectivity index (χ3v) is 3.91. The number of hydrogen-bond donors (Lipinski definition) is 1. The molecular weight excluding hydrogens is 260 g/mol. The molecule has 0 aromatic rings. The van der Waals surface area contributed by atoms with E-state index < -0.39 is 24.1 Å². The fourth-order valence-electron chi connectivity index (χ4n) is 2.89. The van der Waals surface area contributed by atoms with E-state index in [1.54, 1.807) is 0 Å². The SMILES string of the molecule is C=C1C(=O)O[C@H](C2=C(C)CCC2=O)[C@H]1[C@@H](O)CC(C)=O. The van der Waals surface area contributed by atoms with Gasteiger partial charge in [-0.2, -0.15) is 0 Å².